The standard InChI is InChI=1S/C36H56O2/c1-6-8-10-12-14-16-18-22-29-26-27-33-34(30(29)23-19-17-15-13-11-9-7-2)35(3,4)28-36(5,38-33)31-24-20-21-25-32(31)37/h20-21,24-27,37H,6-19,22-23,28H2,1-5H3. The first-order valence-electron chi connectivity index (χ1n) is 15.9. The Bertz CT molecular complexity index is 975. The van der Waals surface area contributed by atoms with E-state index in [2.05, 4.69) is 46.8 Å². The first kappa shape index (κ1) is 30.6. The number of hydrogen-bond donors (Lipinski definition) is 1. The van der Waals surface area contributed by atoms with Gasteiger partial charge in [-0.2, -0.15) is 0 Å². The summed E-state index contributed by atoms with van der Waals surface area (Å²) in [5.74, 6) is 1.35. The molecule has 0 fully saturated rings. The molecule has 2 heteroatoms. The summed E-state index contributed by atoms with van der Waals surface area (Å²) < 4.78 is 6.81. The molecule has 1 N–H and O–H groups in total. The van der Waals surface area contributed by atoms with Crippen LogP contribution in [0.5, 0.6) is 11.5 Å². The number of ether oxygens (including phenoxy) is 1. The molecule has 0 bridgehead atoms. The largest absolute Gasteiger partial charge is 0.508 e. The Balaban J connectivity index is 1.80. The normalized spacial score (nSPS) is 18.2. The van der Waals surface area contributed by atoms with Gasteiger partial charge >= 0.3 is 0 Å². The average Bonchev–Trinajstić information content (AvgIpc) is 2.87. The van der Waals surface area contributed by atoms with E-state index in [1.165, 1.54) is 102 Å². The van der Waals surface area contributed by atoms with Crippen LogP contribution < -0.4 is 4.74 Å². The van der Waals surface area contributed by atoms with Gasteiger partial charge in [-0.3, -0.25) is 0 Å². The summed E-state index contributed by atoms with van der Waals surface area (Å²) in [4.78, 5) is 0. The van der Waals surface area contributed by atoms with E-state index in [0.29, 0.717) is 5.75 Å². The third-order valence-electron chi connectivity index (χ3n) is 8.72. The Morgan fingerprint density at radius 2 is 1.24 bits per heavy atom. The summed E-state index contributed by atoms with van der Waals surface area (Å²) in [7, 11) is 0. The van der Waals surface area contributed by atoms with Crippen molar-refractivity contribution in [1.29, 1.82) is 0 Å². The topological polar surface area (TPSA) is 29.5 Å². The van der Waals surface area contributed by atoms with E-state index in [0.717, 1.165) is 24.2 Å². The molecule has 1 atom stereocenters. The van der Waals surface area contributed by atoms with Crippen molar-refractivity contribution in [2.45, 2.75) is 155 Å². The molecule has 1 unspecified atom stereocenters. The number of benzene rings is 2. The molecule has 0 saturated carbocycles. The molecule has 3 rings (SSSR count). The van der Waals surface area contributed by atoms with Crippen LogP contribution in [0.3, 0.4) is 0 Å². The van der Waals surface area contributed by atoms with Crippen molar-refractivity contribution in [1.82, 2.24) is 0 Å². The lowest BCUT2D eigenvalue weighted by Gasteiger charge is -2.46. The van der Waals surface area contributed by atoms with Crippen LogP contribution >= 0.6 is 0 Å². The highest BCUT2D eigenvalue weighted by molar-refractivity contribution is 5.53. The van der Waals surface area contributed by atoms with E-state index in [9.17, 15) is 5.11 Å². The lowest BCUT2D eigenvalue weighted by molar-refractivity contribution is 0.0299. The van der Waals surface area contributed by atoms with Gasteiger partial charge in [-0.25, -0.2) is 0 Å². The fourth-order valence-corrected chi connectivity index (χ4v) is 6.83. The molecule has 1 heterocycles. The highest BCUT2D eigenvalue weighted by atomic mass is 16.5. The number of aromatic hydroxyl groups is 1. The second-order valence-electron chi connectivity index (χ2n) is 12.7. The monoisotopic (exact) mass is 520 g/mol. The minimum absolute atomic E-state index is 0.0305. The maximum absolute atomic E-state index is 10.7. The van der Waals surface area contributed by atoms with Crippen LogP contribution in [0.15, 0.2) is 36.4 Å². The van der Waals surface area contributed by atoms with Crippen LogP contribution in [0, 0.1) is 0 Å². The predicted octanol–water partition coefficient (Wildman–Crippen LogP) is 11.0. The van der Waals surface area contributed by atoms with Gasteiger partial charge in [0.2, 0.25) is 0 Å². The van der Waals surface area contributed by atoms with Gasteiger partial charge in [-0.15, -0.1) is 0 Å². The molecule has 2 aromatic carbocycles. The SMILES string of the molecule is CCCCCCCCCc1ccc2c(c1CCCCCCCCC)C(C)(C)CC(C)(c1ccccc1O)O2. The molecule has 2 nitrogen and oxygen atoms in total. The summed E-state index contributed by atoms with van der Waals surface area (Å²) in [6.45, 7) is 11.5. The van der Waals surface area contributed by atoms with Crippen molar-refractivity contribution in [3.8, 4) is 11.5 Å². The van der Waals surface area contributed by atoms with E-state index in [1.807, 2.05) is 18.2 Å². The number of fused-ring (bicyclic) bond motifs is 1. The molecule has 0 saturated heterocycles. The highest BCUT2D eigenvalue weighted by Crippen LogP contribution is 2.52. The lowest BCUT2D eigenvalue weighted by Crippen LogP contribution is -2.42. The minimum Gasteiger partial charge on any atom is -0.508 e. The third-order valence-corrected chi connectivity index (χ3v) is 8.72. The quantitative estimate of drug-likeness (QED) is 0.210. The van der Waals surface area contributed by atoms with E-state index in [-0.39, 0.29) is 5.41 Å². The van der Waals surface area contributed by atoms with Crippen LogP contribution in [-0.2, 0) is 23.9 Å². The van der Waals surface area contributed by atoms with E-state index < -0.39 is 5.60 Å². The van der Waals surface area contributed by atoms with Crippen molar-refractivity contribution < 1.29 is 9.84 Å². The lowest BCUT2D eigenvalue weighted by atomic mass is 9.68. The van der Waals surface area contributed by atoms with Crippen LogP contribution in [-0.4, -0.2) is 5.11 Å². The number of unbranched alkanes of at least 4 members (excludes halogenated alkanes) is 12. The van der Waals surface area contributed by atoms with Crippen molar-refractivity contribution >= 4 is 0 Å². The number of phenols is 1. The van der Waals surface area contributed by atoms with Gasteiger partial charge in [0, 0.05) is 17.5 Å². The van der Waals surface area contributed by atoms with Gasteiger partial charge in [-0.1, -0.05) is 129 Å². The average molecular weight is 521 g/mol. The zero-order chi connectivity index (χ0) is 27.4. The molecular weight excluding hydrogens is 464 g/mol. The van der Waals surface area contributed by atoms with Crippen molar-refractivity contribution in [3.05, 3.63) is 58.7 Å². The Kier molecular flexibility index (Phi) is 12.1. The number of para-hydroxylation sites is 1. The maximum atomic E-state index is 10.7. The molecule has 0 aliphatic carbocycles. The molecule has 0 amide bonds. The molecule has 0 spiro atoms. The van der Waals surface area contributed by atoms with Gasteiger partial charge in [0.1, 0.15) is 17.1 Å². The van der Waals surface area contributed by atoms with Crippen LogP contribution in [0.25, 0.3) is 0 Å². The molecule has 1 aliphatic heterocycles. The predicted molar refractivity (Wildman–Crippen MR) is 164 cm³/mol. The van der Waals surface area contributed by atoms with Gasteiger partial charge in [0.15, 0.2) is 0 Å². The van der Waals surface area contributed by atoms with Gasteiger partial charge < -0.3 is 9.84 Å². The Morgan fingerprint density at radius 3 is 1.84 bits per heavy atom. The van der Waals surface area contributed by atoms with Gasteiger partial charge in [0.05, 0.1) is 0 Å². The minimum atomic E-state index is -0.543. The van der Waals surface area contributed by atoms with Crippen molar-refractivity contribution in [2.24, 2.45) is 0 Å². The number of aryl methyl sites for hydroxylation is 1. The number of rotatable bonds is 17. The first-order valence-corrected chi connectivity index (χ1v) is 15.9. The fourth-order valence-electron chi connectivity index (χ4n) is 6.83. The van der Waals surface area contributed by atoms with E-state index >= 15 is 0 Å². The Labute approximate surface area is 234 Å². The smallest absolute Gasteiger partial charge is 0.136 e. The van der Waals surface area contributed by atoms with Crippen LogP contribution in [0.2, 0.25) is 0 Å². The molecule has 38 heavy (non-hydrogen) atoms. The van der Waals surface area contributed by atoms with Gasteiger partial charge in [0.25, 0.3) is 0 Å². The molecule has 2 aromatic rings. The highest BCUT2D eigenvalue weighted by Gasteiger charge is 2.45. The molecule has 0 radical (unpaired) electrons. The summed E-state index contributed by atoms with van der Waals surface area (Å²) in [6.07, 6.45) is 22.0. The molecule has 0 aromatic heterocycles. The zero-order valence-electron chi connectivity index (χ0n) is 25.3. The second-order valence-corrected chi connectivity index (χ2v) is 12.7. The van der Waals surface area contributed by atoms with Crippen molar-refractivity contribution in [2.75, 3.05) is 0 Å². The summed E-state index contributed by atoms with van der Waals surface area (Å²) >= 11 is 0. The molecular formula is C36H56O2. The van der Waals surface area contributed by atoms with E-state index in [4.69, 9.17) is 4.74 Å². The Morgan fingerprint density at radius 1 is 0.684 bits per heavy atom. The zero-order valence-corrected chi connectivity index (χ0v) is 25.3. The summed E-state index contributed by atoms with van der Waals surface area (Å²) in [5, 5.41) is 10.7. The summed E-state index contributed by atoms with van der Waals surface area (Å²) in [5.41, 5.74) is 4.85. The summed E-state index contributed by atoms with van der Waals surface area (Å²) in [6, 6.07) is 12.3. The van der Waals surface area contributed by atoms with Crippen LogP contribution in [0.4, 0.5) is 0 Å². The number of hydrogen-bond acceptors (Lipinski definition) is 2. The van der Waals surface area contributed by atoms with E-state index in [1.54, 1.807) is 17.2 Å². The second kappa shape index (κ2) is 15.0. The number of phenolic OH excluding ortho intramolecular Hbond substituents is 1. The maximum Gasteiger partial charge on any atom is 0.136 e. The molecule has 1 aliphatic rings. The first-order chi connectivity index (χ1) is 18.3. The van der Waals surface area contributed by atoms with Crippen LogP contribution in [0.1, 0.15) is 153 Å². The van der Waals surface area contributed by atoms with Gasteiger partial charge in [-0.05, 0) is 61.3 Å². The third kappa shape index (κ3) is 8.27. The Hall–Kier alpha value is -1.96. The molecule has 212 valence electrons. The fraction of sp³-hybridized carbons (Fsp3) is 0.667. The van der Waals surface area contributed by atoms with Crippen molar-refractivity contribution in [3.63, 3.8) is 0 Å².